The fourth-order valence-corrected chi connectivity index (χ4v) is 4.20. The molecule has 1 saturated carbocycles. The standard InChI is InChI=1S/C23H27FN2O2/c1-28-20-12-8-18(9-13-20)23(17-4-5-17)25-22(27)15-26-14-2-3-21(26)16-6-10-19(24)11-7-16/h6-13,17,21,23H,2-5,14-15H2,1H3,(H,25,27). The van der Waals surface area contributed by atoms with Crippen molar-refractivity contribution in [2.24, 2.45) is 5.92 Å². The highest BCUT2D eigenvalue weighted by molar-refractivity contribution is 5.78. The van der Waals surface area contributed by atoms with Crippen LogP contribution in [0.5, 0.6) is 5.75 Å². The second-order valence-corrected chi connectivity index (χ2v) is 7.84. The molecule has 2 fully saturated rings. The lowest BCUT2D eigenvalue weighted by molar-refractivity contribution is -0.123. The van der Waals surface area contributed by atoms with E-state index in [2.05, 4.69) is 10.2 Å². The lowest BCUT2D eigenvalue weighted by Gasteiger charge is -2.26. The van der Waals surface area contributed by atoms with E-state index in [1.54, 1.807) is 7.11 Å². The molecule has 1 saturated heterocycles. The molecule has 4 nitrogen and oxygen atoms in total. The van der Waals surface area contributed by atoms with Crippen LogP contribution in [0.4, 0.5) is 4.39 Å². The van der Waals surface area contributed by atoms with E-state index in [0.29, 0.717) is 12.5 Å². The van der Waals surface area contributed by atoms with E-state index in [9.17, 15) is 9.18 Å². The number of ether oxygens (including phenoxy) is 1. The molecule has 0 aromatic heterocycles. The average molecular weight is 382 g/mol. The smallest absolute Gasteiger partial charge is 0.234 e. The van der Waals surface area contributed by atoms with E-state index in [1.165, 1.54) is 12.1 Å². The number of amides is 1. The summed E-state index contributed by atoms with van der Waals surface area (Å²) in [5, 5.41) is 3.26. The Morgan fingerprint density at radius 2 is 1.86 bits per heavy atom. The SMILES string of the molecule is COc1ccc(C(NC(=O)CN2CCCC2c2ccc(F)cc2)C2CC2)cc1. The van der Waals surface area contributed by atoms with Gasteiger partial charge in [-0.15, -0.1) is 0 Å². The molecule has 2 atom stereocenters. The van der Waals surface area contributed by atoms with Gasteiger partial charge < -0.3 is 10.1 Å². The molecule has 5 heteroatoms. The quantitative estimate of drug-likeness (QED) is 0.779. The summed E-state index contributed by atoms with van der Waals surface area (Å²) in [6.07, 6.45) is 4.36. The van der Waals surface area contributed by atoms with E-state index < -0.39 is 0 Å². The molecule has 2 unspecified atom stereocenters. The summed E-state index contributed by atoms with van der Waals surface area (Å²) in [7, 11) is 1.66. The largest absolute Gasteiger partial charge is 0.497 e. The second-order valence-electron chi connectivity index (χ2n) is 7.84. The van der Waals surface area contributed by atoms with Crippen molar-refractivity contribution in [1.82, 2.24) is 10.2 Å². The Kier molecular flexibility index (Phi) is 5.62. The monoisotopic (exact) mass is 382 g/mol. The fraction of sp³-hybridized carbons (Fsp3) is 0.435. The summed E-state index contributed by atoms with van der Waals surface area (Å²) in [4.78, 5) is 15.0. The van der Waals surface area contributed by atoms with Gasteiger partial charge in [0.05, 0.1) is 19.7 Å². The number of hydrogen-bond donors (Lipinski definition) is 1. The van der Waals surface area contributed by atoms with Gasteiger partial charge in [0, 0.05) is 6.04 Å². The van der Waals surface area contributed by atoms with Gasteiger partial charge in [0.15, 0.2) is 0 Å². The van der Waals surface area contributed by atoms with Gasteiger partial charge in [0.1, 0.15) is 11.6 Å². The minimum Gasteiger partial charge on any atom is -0.497 e. The molecule has 2 aliphatic rings. The molecule has 1 amide bonds. The third-order valence-electron chi connectivity index (χ3n) is 5.85. The van der Waals surface area contributed by atoms with Gasteiger partial charge in [0.2, 0.25) is 5.91 Å². The molecular weight excluding hydrogens is 355 g/mol. The van der Waals surface area contributed by atoms with Crippen molar-refractivity contribution in [3.63, 3.8) is 0 Å². The summed E-state index contributed by atoms with van der Waals surface area (Å²) in [5.74, 6) is 1.17. The van der Waals surface area contributed by atoms with Crippen LogP contribution >= 0.6 is 0 Å². The Bertz CT molecular complexity index is 802. The first-order chi connectivity index (χ1) is 13.6. The van der Waals surface area contributed by atoms with Crippen molar-refractivity contribution < 1.29 is 13.9 Å². The molecule has 1 N–H and O–H groups in total. The van der Waals surface area contributed by atoms with Crippen LogP contribution in [0.15, 0.2) is 48.5 Å². The molecule has 28 heavy (non-hydrogen) atoms. The van der Waals surface area contributed by atoms with E-state index >= 15 is 0 Å². The van der Waals surface area contributed by atoms with Gasteiger partial charge in [-0.25, -0.2) is 4.39 Å². The molecule has 2 aromatic carbocycles. The third-order valence-corrected chi connectivity index (χ3v) is 5.85. The Morgan fingerprint density at radius 1 is 1.14 bits per heavy atom. The summed E-state index contributed by atoms with van der Waals surface area (Å²) in [5.41, 5.74) is 2.22. The lowest BCUT2D eigenvalue weighted by Crippen LogP contribution is -2.39. The van der Waals surface area contributed by atoms with E-state index in [0.717, 1.165) is 49.1 Å². The van der Waals surface area contributed by atoms with Crippen molar-refractivity contribution in [1.29, 1.82) is 0 Å². The molecule has 2 aromatic rings. The molecule has 0 radical (unpaired) electrons. The summed E-state index contributed by atoms with van der Waals surface area (Å²) >= 11 is 0. The molecule has 0 spiro atoms. The summed E-state index contributed by atoms with van der Waals surface area (Å²) in [6, 6.07) is 14.9. The van der Waals surface area contributed by atoms with Crippen LogP contribution in [0.25, 0.3) is 0 Å². The fourth-order valence-electron chi connectivity index (χ4n) is 4.20. The number of hydrogen-bond acceptors (Lipinski definition) is 3. The molecule has 1 aliphatic heterocycles. The van der Waals surface area contributed by atoms with Gasteiger partial charge >= 0.3 is 0 Å². The van der Waals surface area contributed by atoms with Gasteiger partial charge in [-0.3, -0.25) is 9.69 Å². The van der Waals surface area contributed by atoms with E-state index in [4.69, 9.17) is 4.74 Å². The number of carbonyl (C=O) groups is 1. The number of halogens is 1. The van der Waals surface area contributed by atoms with Crippen molar-refractivity contribution in [3.8, 4) is 5.75 Å². The number of rotatable bonds is 7. The predicted octanol–water partition coefficient (Wildman–Crippen LogP) is 4.24. The second kappa shape index (κ2) is 8.31. The Labute approximate surface area is 165 Å². The molecular formula is C23H27FN2O2. The van der Waals surface area contributed by atoms with Crippen LogP contribution in [0.1, 0.15) is 48.9 Å². The number of nitrogens with zero attached hydrogens (tertiary/aromatic N) is 1. The van der Waals surface area contributed by atoms with Crippen molar-refractivity contribution in [2.75, 3.05) is 20.2 Å². The molecule has 4 rings (SSSR count). The minimum atomic E-state index is -0.224. The van der Waals surface area contributed by atoms with E-state index in [1.807, 2.05) is 36.4 Å². The van der Waals surface area contributed by atoms with Crippen molar-refractivity contribution in [3.05, 3.63) is 65.5 Å². The zero-order chi connectivity index (χ0) is 19.5. The highest BCUT2D eigenvalue weighted by Crippen LogP contribution is 2.41. The van der Waals surface area contributed by atoms with Crippen LogP contribution in [-0.4, -0.2) is 31.0 Å². The first-order valence-electron chi connectivity index (χ1n) is 10.1. The number of nitrogens with one attached hydrogen (secondary N) is 1. The van der Waals surface area contributed by atoms with Crippen LogP contribution in [-0.2, 0) is 4.79 Å². The molecule has 1 aliphatic carbocycles. The Hall–Kier alpha value is -2.40. The number of benzene rings is 2. The maximum atomic E-state index is 13.2. The van der Waals surface area contributed by atoms with Gasteiger partial charge in [-0.2, -0.15) is 0 Å². The number of carbonyl (C=O) groups excluding carboxylic acids is 1. The van der Waals surface area contributed by atoms with Crippen LogP contribution in [0, 0.1) is 11.7 Å². The highest BCUT2D eigenvalue weighted by atomic mass is 19.1. The Morgan fingerprint density at radius 3 is 2.50 bits per heavy atom. The zero-order valence-corrected chi connectivity index (χ0v) is 16.2. The normalized spacial score (nSPS) is 20.7. The third kappa shape index (κ3) is 4.36. The molecule has 148 valence electrons. The van der Waals surface area contributed by atoms with Crippen molar-refractivity contribution >= 4 is 5.91 Å². The maximum absolute atomic E-state index is 13.2. The van der Waals surface area contributed by atoms with Crippen LogP contribution < -0.4 is 10.1 Å². The topological polar surface area (TPSA) is 41.6 Å². The average Bonchev–Trinajstić information content (AvgIpc) is 3.46. The summed E-state index contributed by atoms with van der Waals surface area (Å²) < 4.78 is 18.5. The molecule has 0 bridgehead atoms. The molecule has 1 heterocycles. The number of methoxy groups -OCH3 is 1. The van der Waals surface area contributed by atoms with Gasteiger partial charge in [-0.05, 0) is 73.5 Å². The number of likely N-dealkylation sites (tertiary alicyclic amines) is 1. The minimum absolute atomic E-state index is 0.0572. The summed E-state index contributed by atoms with van der Waals surface area (Å²) in [6.45, 7) is 1.27. The first-order valence-corrected chi connectivity index (χ1v) is 10.1. The zero-order valence-electron chi connectivity index (χ0n) is 16.2. The lowest BCUT2D eigenvalue weighted by atomic mass is 10.0. The first kappa shape index (κ1) is 18.9. The predicted molar refractivity (Wildman–Crippen MR) is 107 cm³/mol. The van der Waals surface area contributed by atoms with Crippen LogP contribution in [0.2, 0.25) is 0 Å². The Balaban J connectivity index is 1.41. The highest BCUT2D eigenvalue weighted by Gasteiger charge is 2.34. The van der Waals surface area contributed by atoms with Crippen LogP contribution in [0.3, 0.4) is 0 Å². The maximum Gasteiger partial charge on any atom is 0.234 e. The van der Waals surface area contributed by atoms with Gasteiger partial charge in [-0.1, -0.05) is 24.3 Å². The van der Waals surface area contributed by atoms with E-state index in [-0.39, 0.29) is 23.8 Å². The van der Waals surface area contributed by atoms with Crippen molar-refractivity contribution in [2.45, 2.75) is 37.8 Å². The van der Waals surface area contributed by atoms with Gasteiger partial charge in [0.25, 0.3) is 0 Å².